The van der Waals surface area contributed by atoms with Gasteiger partial charge in [0.2, 0.25) is 0 Å². The molecule has 0 spiro atoms. The Morgan fingerprint density at radius 3 is 2.50 bits per heavy atom. The Hall–Kier alpha value is -0.830. The van der Waals surface area contributed by atoms with E-state index in [9.17, 15) is 4.79 Å². The van der Waals surface area contributed by atoms with Crippen LogP contribution in [0.5, 0.6) is 0 Å². The van der Waals surface area contributed by atoms with Crippen molar-refractivity contribution in [1.82, 2.24) is 0 Å². The molecule has 0 aliphatic carbocycles. The fourth-order valence-corrected chi connectivity index (χ4v) is 1.24. The lowest BCUT2D eigenvalue weighted by molar-refractivity contribution is -0.131. The quantitative estimate of drug-likeness (QED) is 0.467. The number of rotatable bonds is 8. The molecule has 14 heavy (non-hydrogen) atoms. The summed E-state index contributed by atoms with van der Waals surface area (Å²) in [6.07, 6.45) is 8.70. The van der Waals surface area contributed by atoms with Crippen molar-refractivity contribution in [2.24, 2.45) is 0 Å². The second-order valence-electron chi connectivity index (χ2n) is 3.58. The number of aliphatic hydroxyl groups excluding tert-OH is 1. The second-order valence-corrected chi connectivity index (χ2v) is 3.58. The lowest BCUT2D eigenvalue weighted by atomic mass is 10.1. The van der Waals surface area contributed by atoms with Crippen LogP contribution in [0.1, 0.15) is 45.4 Å². The lowest BCUT2D eigenvalue weighted by Gasteiger charge is -2.02. The van der Waals surface area contributed by atoms with E-state index >= 15 is 0 Å². The van der Waals surface area contributed by atoms with Crippen LogP contribution in [0.25, 0.3) is 0 Å². The molecule has 0 saturated carbocycles. The third-order valence-corrected chi connectivity index (χ3v) is 2.00. The van der Waals surface area contributed by atoms with E-state index in [4.69, 9.17) is 10.2 Å². The molecule has 0 aromatic rings. The van der Waals surface area contributed by atoms with Crippen molar-refractivity contribution < 1.29 is 15.0 Å². The first kappa shape index (κ1) is 13.2. The molecule has 0 aromatic heterocycles. The van der Waals surface area contributed by atoms with Crippen molar-refractivity contribution in [2.75, 3.05) is 0 Å². The SMILES string of the molecule is CC(O)CCCCCCC=CC(=O)O. The van der Waals surface area contributed by atoms with E-state index in [1.54, 1.807) is 13.0 Å². The van der Waals surface area contributed by atoms with Gasteiger partial charge >= 0.3 is 5.97 Å². The first-order chi connectivity index (χ1) is 6.63. The Morgan fingerprint density at radius 1 is 1.29 bits per heavy atom. The molecule has 0 bridgehead atoms. The number of hydrogen-bond donors (Lipinski definition) is 2. The summed E-state index contributed by atoms with van der Waals surface area (Å²) < 4.78 is 0. The van der Waals surface area contributed by atoms with Crippen LogP contribution in [0, 0.1) is 0 Å². The van der Waals surface area contributed by atoms with Gasteiger partial charge in [0.05, 0.1) is 6.10 Å². The summed E-state index contributed by atoms with van der Waals surface area (Å²) in [6.45, 7) is 1.80. The molecule has 3 heteroatoms. The summed E-state index contributed by atoms with van der Waals surface area (Å²) in [4.78, 5) is 10.1. The highest BCUT2D eigenvalue weighted by Gasteiger charge is 1.94. The Morgan fingerprint density at radius 2 is 1.93 bits per heavy atom. The van der Waals surface area contributed by atoms with Crippen LogP contribution in [0.15, 0.2) is 12.2 Å². The molecule has 82 valence electrons. The normalized spacial score (nSPS) is 13.3. The summed E-state index contributed by atoms with van der Waals surface area (Å²) in [5.41, 5.74) is 0. The van der Waals surface area contributed by atoms with Gasteiger partial charge in [-0.3, -0.25) is 0 Å². The first-order valence-electron chi connectivity index (χ1n) is 5.20. The van der Waals surface area contributed by atoms with E-state index in [1.165, 1.54) is 6.08 Å². The topological polar surface area (TPSA) is 57.5 Å². The van der Waals surface area contributed by atoms with Crippen molar-refractivity contribution >= 4 is 5.97 Å². The molecule has 0 amide bonds. The molecule has 2 N–H and O–H groups in total. The van der Waals surface area contributed by atoms with Crippen LogP contribution in [-0.2, 0) is 4.79 Å². The van der Waals surface area contributed by atoms with Crippen LogP contribution in [-0.4, -0.2) is 22.3 Å². The summed E-state index contributed by atoms with van der Waals surface area (Å²) in [7, 11) is 0. The zero-order valence-electron chi connectivity index (χ0n) is 8.78. The van der Waals surface area contributed by atoms with Crippen LogP contribution in [0.4, 0.5) is 0 Å². The second kappa shape index (κ2) is 8.75. The van der Waals surface area contributed by atoms with Crippen LogP contribution >= 0.6 is 0 Å². The number of allylic oxidation sites excluding steroid dienone is 1. The molecule has 1 atom stereocenters. The highest BCUT2D eigenvalue weighted by Crippen LogP contribution is 2.07. The Bertz CT molecular complexity index is 173. The number of unbranched alkanes of at least 4 members (excludes halogenated alkanes) is 4. The maximum atomic E-state index is 10.1. The molecule has 0 heterocycles. The molecule has 0 fully saturated rings. The van der Waals surface area contributed by atoms with E-state index in [0.717, 1.165) is 38.5 Å². The van der Waals surface area contributed by atoms with Crippen molar-refractivity contribution in [1.29, 1.82) is 0 Å². The van der Waals surface area contributed by atoms with E-state index < -0.39 is 5.97 Å². The molecular weight excluding hydrogens is 180 g/mol. The summed E-state index contributed by atoms with van der Waals surface area (Å²) in [5.74, 6) is -0.876. The number of aliphatic carboxylic acids is 1. The predicted octanol–water partition coefficient (Wildman–Crippen LogP) is 2.35. The lowest BCUT2D eigenvalue weighted by Crippen LogP contribution is -1.98. The maximum Gasteiger partial charge on any atom is 0.327 e. The number of aliphatic hydroxyl groups is 1. The first-order valence-corrected chi connectivity index (χ1v) is 5.20. The van der Waals surface area contributed by atoms with E-state index in [-0.39, 0.29) is 6.10 Å². The molecule has 0 aliphatic rings. The maximum absolute atomic E-state index is 10.1. The van der Waals surface area contributed by atoms with Crippen molar-refractivity contribution in [3.8, 4) is 0 Å². The van der Waals surface area contributed by atoms with Gasteiger partial charge in [-0.05, 0) is 26.2 Å². The van der Waals surface area contributed by atoms with Crippen LogP contribution < -0.4 is 0 Å². The highest BCUT2D eigenvalue weighted by molar-refractivity contribution is 5.79. The molecule has 0 aromatic carbocycles. The van der Waals surface area contributed by atoms with Crippen molar-refractivity contribution in [2.45, 2.75) is 51.6 Å². The van der Waals surface area contributed by atoms with Gasteiger partial charge in [-0.15, -0.1) is 0 Å². The third-order valence-electron chi connectivity index (χ3n) is 2.00. The zero-order valence-corrected chi connectivity index (χ0v) is 8.78. The van der Waals surface area contributed by atoms with Gasteiger partial charge in [0, 0.05) is 6.08 Å². The van der Waals surface area contributed by atoms with Gasteiger partial charge in [-0.25, -0.2) is 4.79 Å². The van der Waals surface area contributed by atoms with Crippen LogP contribution in [0.3, 0.4) is 0 Å². The number of carboxylic acids is 1. The number of carboxylic acid groups (broad SMARTS) is 1. The molecule has 3 nitrogen and oxygen atoms in total. The molecule has 0 radical (unpaired) electrons. The molecule has 0 aliphatic heterocycles. The van der Waals surface area contributed by atoms with E-state index in [0.29, 0.717) is 0 Å². The third kappa shape index (κ3) is 11.2. The predicted molar refractivity (Wildman–Crippen MR) is 56.2 cm³/mol. The van der Waals surface area contributed by atoms with Crippen molar-refractivity contribution in [3.63, 3.8) is 0 Å². The van der Waals surface area contributed by atoms with E-state index in [2.05, 4.69) is 0 Å². The van der Waals surface area contributed by atoms with Gasteiger partial charge in [-0.2, -0.15) is 0 Å². The summed E-state index contributed by atoms with van der Waals surface area (Å²) in [6, 6.07) is 0. The summed E-state index contributed by atoms with van der Waals surface area (Å²) >= 11 is 0. The average Bonchev–Trinajstić information content (AvgIpc) is 2.08. The Kier molecular flexibility index (Phi) is 8.24. The fraction of sp³-hybridized carbons (Fsp3) is 0.727. The van der Waals surface area contributed by atoms with Gasteiger partial charge in [-0.1, -0.05) is 25.3 Å². The number of hydrogen-bond acceptors (Lipinski definition) is 2. The minimum atomic E-state index is -0.876. The Labute approximate surface area is 85.4 Å². The number of carbonyl (C=O) groups is 1. The fourth-order valence-electron chi connectivity index (χ4n) is 1.24. The van der Waals surface area contributed by atoms with Gasteiger partial charge in [0.15, 0.2) is 0 Å². The minimum Gasteiger partial charge on any atom is -0.478 e. The van der Waals surface area contributed by atoms with Gasteiger partial charge in [0.25, 0.3) is 0 Å². The Balaban J connectivity index is 3.10. The summed E-state index contributed by atoms with van der Waals surface area (Å²) in [5, 5.41) is 17.3. The monoisotopic (exact) mass is 200 g/mol. The molecule has 0 rings (SSSR count). The standard InChI is InChI=1S/C11H20O3/c1-10(12)8-6-4-2-3-5-7-9-11(13)14/h7,9-10,12H,2-6,8H2,1H3,(H,13,14). The zero-order chi connectivity index (χ0) is 10.8. The molecule has 0 saturated heterocycles. The van der Waals surface area contributed by atoms with Crippen molar-refractivity contribution in [3.05, 3.63) is 12.2 Å². The molecule has 1 unspecified atom stereocenters. The van der Waals surface area contributed by atoms with E-state index in [1.807, 2.05) is 0 Å². The minimum absolute atomic E-state index is 0.193. The van der Waals surface area contributed by atoms with Gasteiger partial charge < -0.3 is 10.2 Å². The highest BCUT2D eigenvalue weighted by atomic mass is 16.4. The smallest absolute Gasteiger partial charge is 0.327 e. The largest absolute Gasteiger partial charge is 0.478 e. The van der Waals surface area contributed by atoms with Gasteiger partial charge in [0.1, 0.15) is 0 Å². The van der Waals surface area contributed by atoms with Crippen LogP contribution in [0.2, 0.25) is 0 Å². The average molecular weight is 200 g/mol. The molecular formula is C11H20O3.